The number of carbonyl (C=O) groups is 1. The number of nitrogens with one attached hydrogen (secondary N) is 2. The second-order valence-electron chi connectivity index (χ2n) is 5.53. The molecule has 1 aromatic heterocycles. The van der Waals surface area contributed by atoms with Crippen molar-refractivity contribution in [1.82, 2.24) is 15.2 Å². The average Bonchev–Trinajstić information content (AvgIpc) is 2.68. The molecule has 0 radical (unpaired) electrons. The second-order valence-corrected chi connectivity index (χ2v) is 5.53. The van der Waals surface area contributed by atoms with Gasteiger partial charge in [-0.25, -0.2) is 9.18 Å². The number of nitrogens with zero attached hydrogens (tertiary/aromatic N) is 3. The third-order valence-electron chi connectivity index (χ3n) is 3.63. The van der Waals surface area contributed by atoms with Gasteiger partial charge in [0.25, 0.3) is 0 Å². The number of ether oxygens (including phenoxy) is 1. The van der Waals surface area contributed by atoms with E-state index in [1.807, 2.05) is 0 Å². The number of benzene rings is 2. The molecular weight excluding hydrogens is 349 g/mol. The monoisotopic (exact) mass is 367 g/mol. The lowest BCUT2D eigenvalue weighted by atomic mass is 10.2. The molecule has 2 N–H and O–H groups in total. The average molecular weight is 367 g/mol. The van der Waals surface area contributed by atoms with Crippen LogP contribution in [0.3, 0.4) is 0 Å². The smallest absolute Gasteiger partial charge is 0.338 e. The first-order chi connectivity index (χ1) is 13.2. The van der Waals surface area contributed by atoms with Crippen molar-refractivity contribution in [3.8, 4) is 0 Å². The minimum absolute atomic E-state index is 0.275. The Morgan fingerprint density at radius 3 is 2.67 bits per heavy atom. The van der Waals surface area contributed by atoms with Gasteiger partial charge in [-0.1, -0.05) is 18.2 Å². The Hall–Kier alpha value is -3.55. The van der Waals surface area contributed by atoms with Gasteiger partial charge in [-0.05, 0) is 37.3 Å². The number of hydrogen-bond donors (Lipinski definition) is 2. The van der Waals surface area contributed by atoms with Crippen molar-refractivity contribution in [2.24, 2.45) is 0 Å². The quantitative estimate of drug-likeness (QED) is 0.617. The van der Waals surface area contributed by atoms with Crippen LogP contribution in [0.1, 0.15) is 22.8 Å². The van der Waals surface area contributed by atoms with E-state index in [0.29, 0.717) is 29.2 Å². The van der Waals surface area contributed by atoms with Gasteiger partial charge in [-0.15, -0.1) is 5.10 Å². The molecule has 3 aromatic rings. The van der Waals surface area contributed by atoms with Gasteiger partial charge in [0.15, 0.2) is 5.82 Å². The van der Waals surface area contributed by atoms with Crippen molar-refractivity contribution in [3.63, 3.8) is 0 Å². The molecule has 1 heterocycles. The molecule has 0 aliphatic carbocycles. The summed E-state index contributed by atoms with van der Waals surface area (Å²) in [6.07, 6.45) is 1.45. The van der Waals surface area contributed by atoms with Crippen molar-refractivity contribution >= 4 is 23.4 Å². The Morgan fingerprint density at radius 1 is 1.15 bits per heavy atom. The summed E-state index contributed by atoms with van der Waals surface area (Å²) in [5, 5.41) is 13.8. The van der Waals surface area contributed by atoms with Crippen LogP contribution >= 0.6 is 0 Å². The number of aromatic nitrogens is 3. The molecule has 138 valence electrons. The Morgan fingerprint density at radius 2 is 1.93 bits per heavy atom. The minimum atomic E-state index is -0.374. The summed E-state index contributed by atoms with van der Waals surface area (Å²) >= 11 is 0. The van der Waals surface area contributed by atoms with Gasteiger partial charge < -0.3 is 15.4 Å². The lowest BCUT2D eigenvalue weighted by Crippen LogP contribution is -2.07. The first-order valence-corrected chi connectivity index (χ1v) is 8.37. The van der Waals surface area contributed by atoms with Crippen molar-refractivity contribution in [3.05, 3.63) is 71.7 Å². The number of anilines is 3. The van der Waals surface area contributed by atoms with Crippen LogP contribution in [0.4, 0.5) is 21.8 Å². The van der Waals surface area contributed by atoms with E-state index >= 15 is 0 Å². The van der Waals surface area contributed by atoms with E-state index in [0.717, 1.165) is 0 Å². The van der Waals surface area contributed by atoms with Crippen molar-refractivity contribution in [2.45, 2.75) is 13.5 Å². The van der Waals surface area contributed by atoms with Crippen molar-refractivity contribution < 1.29 is 13.9 Å². The van der Waals surface area contributed by atoms with Gasteiger partial charge in [0.05, 0.1) is 18.4 Å². The second kappa shape index (κ2) is 8.70. The fourth-order valence-electron chi connectivity index (χ4n) is 2.30. The molecule has 8 heteroatoms. The molecule has 0 amide bonds. The highest BCUT2D eigenvalue weighted by molar-refractivity contribution is 5.89. The van der Waals surface area contributed by atoms with Gasteiger partial charge in [0.2, 0.25) is 5.95 Å². The Kier molecular flexibility index (Phi) is 5.88. The molecule has 0 aliphatic rings. The van der Waals surface area contributed by atoms with E-state index < -0.39 is 0 Å². The topological polar surface area (TPSA) is 89.0 Å². The van der Waals surface area contributed by atoms with Crippen LogP contribution in [0.2, 0.25) is 0 Å². The zero-order valence-corrected chi connectivity index (χ0v) is 14.6. The Labute approximate surface area is 155 Å². The zero-order chi connectivity index (χ0) is 19.1. The highest BCUT2D eigenvalue weighted by Gasteiger charge is 2.07. The number of carbonyl (C=O) groups excluding carboxylic acids is 1. The molecular formula is C19H18FN5O2. The number of halogens is 1. The Bertz CT molecular complexity index is 918. The van der Waals surface area contributed by atoms with Gasteiger partial charge in [-0.3, -0.25) is 0 Å². The Balaban J connectivity index is 1.63. The molecule has 0 unspecified atom stereocenters. The van der Waals surface area contributed by atoms with E-state index in [1.165, 1.54) is 12.3 Å². The third-order valence-corrected chi connectivity index (χ3v) is 3.63. The fourth-order valence-corrected chi connectivity index (χ4v) is 2.30. The van der Waals surface area contributed by atoms with E-state index in [-0.39, 0.29) is 24.3 Å². The molecule has 2 aromatic carbocycles. The van der Waals surface area contributed by atoms with E-state index in [2.05, 4.69) is 25.8 Å². The van der Waals surface area contributed by atoms with Crippen LogP contribution in [0, 0.1) is 5.82 Å². The van der Waals surface area contributed by atoms with E-state index in [9.17, 15) is 9.18 Å². The van der Waals surface area contributed by atoms with Crippen LogP contribution in [0.15, 0.2) is 54.7 Å². The predicted octanol–water partition coefficient (Wildman–Crippen LogP) is 3.54. The van der Waals surface area contributed by atoms with E-state index in [1.54, 1.807) is 49.4 Å². The van der Waals surface area contributed by atoms with Crippen molar-refractivity contribution in [2.75, 3.05) is 17.2 Å². The maximum absolute atomic E-state index is 13.7. The minimum Gasteiger partial charge on any atom is -0.462 e. The van der Waals surface area contributed by atoms with Gasteiger partial charge in [0, 0.05) is 17.8 Å². The highest BCUT2D eigenvalue weighted by Crippen LogP contribution is 2.16. The highest BCUT2D eigenvalue weighted by atomic mass is 19.1. The molecule has 0 fully saturated rings. The van der Waals surface area contributed by atoms with Gasteiger partial charge in [-0.2, -0.15) is 10.1 Å². The summed E-state index contributed by atoms with van der Waals surface area (Å²) in [7, 11) is 0. The first kappa shape index (κ1) is 18.2. The molecule has 0 spiro atoms. The SMILES string of the molecule is CCOC(=O)c1ccc(Nc2nncc(NCc3ccccc3F)n2)cc1. The first-order valence-electron chi connectivity index (χ1n) is 8.37. The molecule has 3 rings (SSSR count). The molecule has 0 saturated carbocycles. The molecule has 0 aliphatic heterocycles. The molecule has 0 bridgehead atoms. The lowest BCUT2D eigenvalue weighted by molar-refractivity contribution is 0.0526. The number of esters is 1. The standard InChI is InChI=1S/C19H18FN5O2/c1-2-27-18(26)13-7-9-15(10-8-13)23-19-24-17(12-22-25-19)21-11-14-5-3-4-6-16(14)20/h3-10,12H,2,11H2,1H3,(H2,21,23,24,25). The van der Waals surface area contributed by atoms with Crippen LogP contribution < -0.4 is 10.6 Å². The summed E-state index contributed by atoms with van der Waals surface area (Å²) in [5.74, 6) is 0.0738. The normalized spacial score (nSPS) is 10.3. The summed E-state index contributed by atoms with van der Waals surface area (Å²) in [6, 6.07) is 13.2. The summed E-state index contributed by atoms with van der Waals surface area (Å²) in [5.41, 5.74) is 1.68. The predicted molar refractivity (Wildman–Crippen MR) is 99.2 cm³/mol. The van der Waals surface area contributed by atoms with Crippen LogP contribution in [0.25, 0.3) is 0 Å². The summed E-state index contributed by atoms with van der Waals surface area (Å²) in [6.45, 7) is 2.36. The third kappa shape index (κ3) is 4.97. The molecule has 0 atom stereocenters. The summed E-state index contributed by atoms with van der Waals surface area (Å²) < 4.78 is 18.6. The maximum atomic E-state index is 13.7. The van der Waals surface area contributed by atoms with E-state index in [4.69, 9.17) is 4.74 Å². The van der Waals surface area contributed by atoms with Gasteiger partial charge >= 0.3 is 5.97 Å². The fraction of sp³-hybridized carbons (Fsp3) is 0.158. The zero-order valence-electron chi connectivity index (χ0n) is 14.6. The number of hydrogen-bond acceptors (Lipinski definition) is 7. The van der Waals surface area contributed by atoms with Gasteiger partial charge in [0.1, 0.15) is 5.82 Å². The lowest BCUT2D eigenvalue weighted by Gasteiger charge is -2.09. The van der Waals surface area contributed by atoms with Crippen LogP contribution in [0.5, 0.6) is 0 Å². The van der Waals surface area contributed by atoms with Crippen LogP contribution in [-0.4, -0.2) is 27.8 Å². The molecule has 0 saturated heterocycles. The largest absolute Gasteiger partial charge is 0.462 e. The molecule has 7 nitrogen and oxygen atoms in total. The maximum Gasteiger partial charge on any atom is 0.338 e. The number of rotatable bonds is 7. The molecule has 27 heavy (non-hydrogen) atoms. The summed E-state index contributed by atoms with van der Waals surface area (Å²) in [4.78, 5) is 15.9. The van der Waals surface area contributed by atoms with Crippen molar-refractivity contribution in [1.29, 1.82) is 0 Å². The van der Waals surface area contributed by atoms with Crippen LogP contribution in [-0.2, 0) is 11.3 Å².